The quantitative estimate of drug-likeness (QED) is 0.277. The highest BCUT2D eigenvalue weighted by Crippen LogP contribution is 2.40. The topological polar surface area (TPSA) is 72.0 Å². The lowest BCUT2D eigenvalue weighted by Gasteiger charge is -2.30. The number of aliphatic imine (C=N–C) groups is 1. The van der Waals surface area contributed by atoms with Gasteiger partial charge in [-0.3, -0.25) is 0 Å². The summed E-state index contributed by atoms with van der Waals surface area (Å²) in [4.78, 5) is 16.2. The summed E-state index contributed by atoms with van der Waals surface area (Å²) in [6.45, 7) is 8.03. The zero-order chi connectivity index (χ0) is 20.2. The van der Waals surface area contributed by atoms with Crippen LogP contribution in [0.3, 0.4) is 0 Å². The molecule has 0 unspecified atom stereocenters. The molecule has 0 bridgehead atoms. The zero-order valence-electron chi connectivity index (χ0n) is 17.6. The van der Waals surface area contributed by atoms with Crippen molar-refractivity contribution >= 4 is 11.9 Å². The molecule has 156 valence electrons. The molecule has 1 aromatic rings. The molecule has 0 amide bonds. The van der Waals surface area contributed by atoms with Crippen LogP contribution in [0.25, 0.3) is 0 Å². The Hall–Kier alpha value is -2.08. The van der Waals surface area contributed by atoms with E-state index >= 15 is 0 Å². The Labute approximate surface area is 169 Å². The minimum atomic E-state index is -0.320. The predicted molar refractivity (Wildman–Crippen MR) is 113 cm³/mol. The van der Waals surface area contributed by atoms with E-state index in [9.17, 15) is 4.79 Å². The molecule has 2 N–H and O–H groups in total. The number of nitrogens with zero attached hydrogens (tertiary/aromatic N) is 1. The number of hydrogen-bond donors (Lipinski definition) is 2. The van der Waals surface area contributed by atoms with Crippen molar-refractivity contribution in [2.75, 3.05) is 33.4 Å². The summed E-state index contributed by atoms with van der Waals surface area (Å²) < 4.78 is 10.3. The van der Waals surface area contributed by atoms with Gasteiger partial charge in [-0.25, -0.2) is 9.79 Å². The molecular formula is C22H35N3O3. The number of nitrogens with one attached hydrogen (secondary N) is 2. The van der Waals surface area contributed by atoms with E-state index in [-0.39, 0.29) is 5.97 Å². The van der Waals surface area contributed by atoms with Gasteiger partial charge in [0.15, 0.2) is 5.96 Å². The van der Waals surface area contributed by atoms with Crippen molar-refractivity contribution in [3.05, 3.63) is 35.4 Å². The molecule has 1 aliphatic carbocycles. The maximum absolute atomic E-state index is 11.5. The maximum atomic E-state index is 11.5. The molecule has 0 radical (unpaired) electrons. The highest BCUT2D eigenvalue weighted by atomic mass is 16.5. The van der Waals surface area contributed by atoms with Crippen LogP contribution in [0.2, 0.25) is 0 Å². The van der Waals surface area contributed by atoms with Crippen LogP contribution in [0, 0.1) is 5.41 Å². The Bertz CT molecular complexity index is 622. The van der Waals surface area contributed by atoms with Crippen LogP contribution in [0.15, 0.2) is 29.3 Å². The van der Waals surface area contributed by atoms with Crippen LogP contribution in [-0.4, -0.2) is 45.3 Å². The lowest BCUT2D eigenvalue weighted by molar-refractivity contribution is 0.0600. The van der Waals surface area contributed by atoms with E-state index in [4.69, 9.17) is 14.5 Å². The number of carbonyl (C=O) groups is 1. The zero-order valence-corrected chi connectivity index (χ0v) is 17.6. The maximum Gasteiger partial charge on any atom is 0.337 e. The van der Waals surface area contributed by atoms with Crippen molar-refractivity contribution in [2.24, 2.45) is 10.4 Å². The number of guanidine groups is 1. The van der Waals surface area contributed by atoms with Crippen LogP contribution >= 0.6 is 0 Å². The van der Waals surface area contributed by atoms with Crippen LogP contribution < -0.4 is 10.6 Å². The molecule has 2 rings (SSSR count). The van der Waals surface area contributed by atoms with Gasteiger partial charge in [-0.1, -0.05) is 25.0 Å². The molecule has 0 heterocycles. The molecule has 0 atom stereocenters. The monoisotopic (exact) mass is 389 g/mol. The van der Waals surface area contributed by atoms with E-state index in [0.29, 0.717) is 17.5 Å². The SMILES string of the molecule is CCNC(=NCc1ccc(C(=O)OC)cc1)NCC1(CCOCC)CCCC1. The van der Waals surface area contributed by atoms with Crippen molar-refractivity contribution in [1.82, 2.24) is 10.6 Å². The number of carbonyl (C=O) groups excluding carboxylic acids is 1. The van der Waals surface area contributed by atoms with Crippen molar-refractivity contribution in [3.8, 4) is 0 Å². The van der Waals surface area contributed by atoms with Crippen molar-refractivity contribution in [1.29, 1.82) is 0 Å². The number of benzene rings is 1. The number of methoxy groups -OCH3 is 1. The third kappa shape index (κ3) is 6.82. The number of rotatable bonds is 10. The third-order valence-electron chi connectivity index (χ3n) is 5.41. The van der Waals surface area contributed by atoms with E-state index in [1.54, 1.807) is 12.1 Å². The first-order chi connectivity index (χ1) is 13.6. The van der Waals surface area contributed by atoms with Crippen LogP contribution in [0.5, 0.6) is 0 Å². The van der Waals surface area contributed by atoms with Crippen LogP contribution in [0.1, 0.15) is 61.9 Å². The summed E-state index contributed by atoms with van der Waals surface area (Å²) in [6.07, 6.45) is 6.20. The first-order valence-electron chi connectivity index (χ1n) is 10.4. The molecule has 6 nitrogen and oxygen atoms in total. The van der Waals surface area contributed by atoms with Crippen LogP contribution in [0.4, 0.5) is 0 Å². The Morgan fingerprint density at radius 3 is 2.46 bits per heavy atom. The fourth-order valence-electron chi connectivity index (χ4n) is 3.72. The second kappa shape index (κ2) is 11.7. The highest BCUT2D eigenvalue weighted by molar-refractivity contribution is 5.89. The van der Waals surface area contributed by atoms with Gasteiger partial charge in [-0.15, -0.1) is 0 Å². The highest BCUT2D eigenvalue weighted by Gasteiger charge is 2.33. The smallest absolute Gasteiger partial charge is 0.337 e. The lowest BCUT2D eigenvalue weighted by Crippen LogP contribution is -2.43. The van der Waals surface area contributed by atoms with E-state index in [1.807, 2.05) is 19.1 Å². The van der Waals surface area contributed by atoms with E-state index in [2.05, 4.69) is 17.6 Å². The largest absolute Gasteiger partial charge is 0.465 e. The molecule has 28 heavy (non-hydrogen) atoms. The Kier molecular flexibility index (Phi) is 9.28. The summed E-state index contributed by atoms with van der Waals surface area (Å²) in [6, 6.07) is 7.39. The average molecular weight is 390 g/mol. The molecule has 1 saturated carbocycles. The second-order valence-corrected chi connectivity index (χ2v) is 7.39. The summed E-state index contributed by atoms with van der Waals surface area (Å²) in [5, 5.41) is 6.88. The van der Waals surface area contributed by atoms with Crippen molar-refractivity contribution < 1.29 is 14.3 Å². The second-order valence-electron chi connectivity index (χ2n) is 7.39. The van der Waals surface area contributed by atoms with Crippen molar-refractivity contribution in [3.63, 3.8) is 0 Å². The molecule has 1 fully saturated rings. The molecule has 1 aromatic carbocycles. The van der Waals surface area contributed by atoms with Gasteiger partial charge in [0, 0.05) is 26.3 Å². The van der Waals surface area contributed by atoms with E-state index in [0.717, 1.165) is 44.2 Å². The number of ether oxygens (including phenoxy) is 2. The normalized spacial score (nSPS) is 16.0. The van der Waals surface area contributed by atoms with Gasteiger partial charge in [0.2, 0.25) is 0 Å². The molecule has 0 spiro atoms. The van der Waals surface area contributed by atoms with Gasteiger partial charge < -0.3 is 20.1 Å². The van der Waals surface area contributed by atoms with Gasteiger partial charge in [0.1, 0.15) is 0 Å². The minimum Gasteiger partial charge on any atom is -0.465 e. The van der Waals surface area contributed by atoms with Gasteiger partial charge in [0.05, 0.1) is 19.2 Å². The van der Waals surface area contributed by atoms with Gasteiger partial charge in [-0.05, 0) is 56.2 Å². The molecule has 0 saturated heterocycles. The standard InChI is InChI=1S/C22H35N3O3/c1-4-23-21(24-16-18-8-10-19(11-9-18)20(26)27-3)25-17-22(12-6-7-13-22)14-15-28-5-2/h8-11H,4-7,12-17H2,1-3H3,(H2,23,24,25). The first-order valence-corrected chi connectivity index (χ1v) is 10.4. The first kappa shape index (κ1) is 22.2. The summed E-state index contributed by atoms with van der Waals surface area (Å²) >= 11 is 0. The van der Waals surface area contributed by atoms with Gasteiger partial charge in [0.25, 0.3) is 0 Å². The van der Waals surface area contributed by atoms with E-state index in [1.165, 1.54) is 32.8 Å². The Morgan fingerprint density at radius 1 is 1.14 bits per heavy atom. The third-order valence-corrected chi connectivity index (χ3v) is 5.41. The predicted octanol–water partition coefficient (Wildman–Crippen LogP) is 3.52. The van der Waals surface area contributed by atoms with E-state index < -0.39 is 0 Å². The minimum absolute atomic E-state index is 0.313. The number of esters is 1. The molecule has 1 aliphatic rings. The Balaban J connectivity index is 1.94. The number of hydrogen-bond acceptors (Lipinski definition) is 4. The van der Waals surface area contributed by atoms with Crippen LogP contribution in [-0.2, 0) is 16.0 Å². The molecule has 0 aromatic heterocycles. The molecular weight excluding hydrogens is 354 g/mol. The van der Waals surface area contributed by atoms with Gasteiger partial charge in [-0.2, -0.15) is 0 Å². The Morgan fingerprint density at radius 2 is 1.86 bits per heavy atom. The molecule has 6 heteroatoms. The van der Waals surface area contributed by atoms with Crippen molar-refractivity contribution in [2.45, 2.75) is 52.5 Å². The summed E-state index contributed by atoms with van der Waals surface area (Å²) in [7, 11) is 1.39. The lowest BCUT2D eigenvalue weighted by atomic mass is 9.83. The fraction of sp³-hybridized carbons (Fsp3) is 0.636. The fourth-order valence-corrected chi connectivity index (χ4v) is 3.72. The summed E-state index contributed by atoms with van der Waals surface area (Å²) in [5.74, 6) is 0.515. The summed E-state index contributed by atoms with van der Waals surface area (Å²) in [5.41, 5.74) is 1.92. The van der Waals surface area contributed by atoms with Gasteiger partial charge >= 0.3 is 5.97 Å². The average Bonchev–Trinajstić information content (AvgIpc) is 3.19. The molecule has 0 aliphatic heterocycles.